The molecule has 2 heterocycles. The minimum absolute atomic E-state index is 0.0482. The quantitative estimate of drug-likeness (QED) is 0.746. The van der Waals surface area contributed by atoms with Crippen LogP contribution in [0.15, 0.2) is 12.1 Å². The van der Waals surface area contributed by atoms with Crippen LogP contribution in [-0.4, -0.2) is 29.8 Å². The van der Waals surface area contributed by atoms with E-state index in [1.807, 2.05) is 11.8 Å². The Morgan fingerprint density at radius 3 is 2.48 bits per heavy atom. The number of ether oxygens (including phenoxy) is 1. The Morgan fingerprint density at radius 2 is 1.81 bits per heavy atom. The summed E-state index contributed by atoms with van der Waals surface area (Å²) >= 11 is 20.5. The van der Waals surface area contributed by atoms with E-state index in [1.54, 1.807) is 12.1 Å². The van der Waals surface area contributed by atoms with E-state index in [0.717, 1.165) is 38.0 Å². The molecule has 2 saturated heterocycles. The third kappa shape index (κ3) is 3.76. The Hall–Kier alpha value is 0.200. The van der Waals surface area contributed by atoms with Crippen molar-refractivity contribution in [1.29, 1.82) is 0 Å². The molecule has 1 N–H and O–H groups in total. The molecule has 2 fully saturated rings. The van der Waals surface area contributed by atoms with Gasteiger partial charge in [-0.05, 0) is 49.3 Å². The summed E-state index contributed by atoms with van der Waals surface area (Å²) in [6, 6.07) is 3.80. The van der Waals surface area contributed by atoms with Crippen LogP contribution in [0.5, 0.6) is 0 Å². The van der Waals surface area contributed by atoms with E-state index >= 15 is 0 Å². The molecule has 1 spiro atoms. The van der Waals surface area contributed by atoms with Gasteiger partial charge in [0.25, 0.3) is 0 Å². The number of benzene rings is 1. The van der Waals surface area contributed by atoms with E-state index in [0.29, 0.717) is 21.1 Å². The monoisotopic (exact) mass is 365 g/mol. The minimum Gasteiger partial charge on any atom is -0.380 e. The van der Waals surface area contributed by atoms with Crippen molar-refractivity contribution in [2.24, 2.45) is 0 Å². The predicted octanol–water partition coefficient (Wildman–Crippen LogP) is 5.50. The van der Waals surface area contributed by atoms with Crippen molar-refractivity contribution in [3.8, 4) is 0 Å². The molecule has 0 amide bonds. The smallest absolute Gasteiger partial charge is 0.0722 e. The van der Waals surface area contributed by atoms with Gasteiger partial charge in [0.05, 0.1) is 21.3 Å². The van der Waals surface area contributed by atoms with Crippen LogP contribution in [-0.2, 0) is 4.74 Å². The first-order valence-electron chi connectivity index (χ1n) is 7.21. The number of halogens is 3. The first-order chi connectivity index (χ1) is 10.1. The first-order valence-corrected chi connectivity index (χ1v) is 9.50. The number of hydrogen-bond acceptors (Lipinski definition) is 3. The molecule has 1 aromatic carbocycles. The molecule has 2 aliphatic rings. The lowest BCUT2D eigenvalue weighted by molar-refractivity contribution is -0.0865. The molecule has 6 heteroatoms. The fraction of sp³-hybridized carbons (Fsp3) is 0.600. The van der Waals surface area contributed by atoms with Gasteiger partial charge in [-0.15, -0.1) is 0 Å². The van der Waals surface area contributed by atoms with Gasteiger partial charge in [-0.1, -0.05) is 34.8 Å². The molecule has 1 aromatic rings. The Bertz CT molecular complexity index is 491. The summed E-state index contributed by atoms with van der Waals surface area (Å²) in [6.07, 6.45) is 4.27. The van der Waals surface area contributed by atoms with Gasteiger partial charge in [-0.25, -0.2) is 0 Å². The van der Waals surface area contributed by atoms with E-state index in [-0.39, 0.29) is 5.60 Å². The van der Waals surface area contributed by atoms with Gasteiger partial charge in [0.2, 0.25) is 0 Å². The maximum atomic E-state index is 6.27. The largest absolute Gasteiger partial charge is 0.380 e. The van der Waals surface area contributed by atoms with E-state index in [1.165, 1.54) is 11.5 Å². The topological polar surface area (TPSA) is 21.3 Å². The second-order valence-electron chi connectivity index (χ2n) is 5.72. The van der Waals surface area contributed by atoms with Crippen molar-refractivity contribution in [2.75, 3.05) is 23.4 Å². The highest BCUT2D eigenvalue weighted by Gasteiger charge is 2.38. The molecule has 3 rings (SSSR count). The molecule has 2 aliphatic heterocycles. The summed E-state index contributed by atoms with van der Waals surface area (Å²) < 4.78 is 6.11. The van der Waals surface area contributed by atoms with Crippen LogP contribution < -0.4 is 5.32 Å². The van der Waals surface area contributed by atoms with Crippen LogP contribution in [0.2, 0.25) is 15.1 Å². The van der Waals surface area contributed by atoms with Crippen LogP contribution in [0.4, 0.5) is 5.69 Å². The van der Waals surface area contributed by atoms with Crippen LogP contribution in [0.25, 0.3) is 0 Å². The van der Waals surface area contributed by atoms with E-state index in [4.69, 9.17) is 39.5 Å². The predicted molar refractivity (Wildman–Crippen MR) is 93.4 cm³/mol. The summed E-state index contributed by atoms with van der Waals surface area (Å²) in [6.45, 7) is 0.797. The van der Waals surface area contributed by atoms with Crippen LogP contribution in [0.1, 0.15) is 25.7 Å². The normalized spacial score (nSPS) is 25.0. The Morgan fingerprint density at radius 1 is 1.14 bits per heavy atom. The Balaban J connectivity index is 1.73. The average Bonchev–Trinajstić information content (AvgIpc) is 2.44. The lowest BCUT2D eigenvalue weighted by Crippen LogP contribution is -2.46. The molecule has 2 nitrogen and oxygen atoms in total. The highest BCUT2D eigenvalue weighted by molar-refractivity contribution is 7.99. The number of rotatable bonds is 2. The maximum Gasteiger partial charge on any atom is 0.0722 e. The lowest BCUT2D eigenvalue weighted by Gasteiger charge is -2.43. The first kappa shape index (κ1) is 16.1. The number of nitrogens with one attached hydrogen (secondary N) is 1. The summed E-state index contributed by atoms with van der Waals surface area (Å²) in [5.41, 5.74) is 0.835. The summed E-state index contributed by atoms with van der Waals surface area (Å²) in [4.78, 5) is 0. The molecule has 116 valence electrons. The fourth-order valence-corrected chi connectivity index (χ4v) is 5.29. The van der Waals surface area contributed by atoms with Gasteiger partial charge in [0, 0.05) is 17.7 Å². The Labute approximate surface area is 144 Å². The molecule has 0 aromatic heterocycles. The molecule has 0 radical (unpaired) electrons. The number of anilines is 1. The second kappa shape index (κ2) is 6.76. The third-order valence-electron chi connectivity index (χ3n) is 4.25. The van der Waals surface area contributed by atoms with Gasteiger partial charge in [-0.2, -0.15) is 11.8 Å². The number of hydrogen-bond donors (Lipinski definition) is 1. The van der Waals surface area contributed by atoms with Crippen LogP contribution in [0, 0.1) is 0 Å². The average molecular weight is 367 g/mol. The third-order valence-corrected chi connectivity index (χ3v) is 6.05. The van der Waals surface area contributed by atoms with E-state index < -0.39 is 0 Å². The molecular weight excluding hydrogens is 349 g/mol. The summed E-state index contributed by atoms with van der Waals surface area (Å²) in [5.74, 6) is 2.38. The van der Waals surface area contributed by atoms with Crippen molar-refractivity contribution in [3.05, 3.63) is 27.2 Å². The zero-order valence-corrected chi connectivity index (χ0v) is 14.7. The van der Waals surface area contributed by atoms with Gasteiger partial charge in [-0.3, -0.25) is 0 Å². The van der Waals surface area contributed by atoms with Gasteiger partial charge < -0.3 is 10.1 Å². The van der Waals surface area contributed by atoms with Crippen molar-refractivity contribution in [2.45, 2.75) is 37.3 Å². The minimum atomic E-state index is 0.0482. The molecule has 1 atom stereocenters. The molecule has 0 bridgehead atoms. The number of thioether (sulfide) groups is 1. The van der Waals surface area contributed by atoms with E-state index in [9.17, 15) is 0 Å². The zero-order chi connectivity index (χ0) is 14.9. The standard InChI is InChI=1S/C15H18Cl3NOS/c16-10-7-12(17)14(13(18)8-10)19-11-1-4-20-15(9-11)2-5-21-6-3-15/h7-8,11,19H,1-6,9H2. The maximum absolute atomic E-state index is 6.27. The molecule has 1 unspecified atom stereocenters. The van der Waals surface area contributed by atoms with Gasteiger partial charge in [0.1, 0.15) is 0 Å². The van der Waals surface area contributed by atoms with Crippen molar-refractivity contribution in [3.63, 3.8) is 0 Å². The summed E-state index contributed by atoms with van der Waals surface area (Å²) in [7, 11) is 0. The molecule has 21 heavy (non-hydrogen) atoms. The van der Waals surface area contributed by atoms with Crippen LogP contribution >= 0.6 is 46.6 Å². The van der Waals surface area contributed by atoms with Gasteiger partial charge >= 0.3 is 0 Å². The van der Waals surface area contributed by atoms with Gasteiger partial charge in [0.15, 0.2) is 0 Å². The van der Waals surface area contributed by atoms with Crippen molar-refractivity contribution >= 4 is 52.3 Å². The second-order valence-corrected chi connectivity index (χ2v) is 8.20. The Kier molecular flexibility index (Phi) is 5.17. The molecule has 0 aliphatic carbocycles. The molecular formula is C15H18Cl3NOS. The zero-order valence-electron chi connectivity index (χ0n) is 11.6. The van der Waals surface area contributed by atoms with Crippen LogP contribution in [0.3, 0.4) is 0 Å². The highest BCUT2D eigenvalue weighted by atomic mass is 35.5. The SMILES string of the molecule is Clc1cc(Cl)c(NC2CCOC3(CCSCC3)C2)c(Cl)c1. The fourth-order valence-electron chi connectivity index (χ4n) is 3.13. The van der Waals surface area contributed by atoms with E-state index in [2.05, 4.69) is 5.32 Å². The highest BCUT2D eigenvalue weighted by Crippen LogP contribution is 2.40. The van der Waals surface area contributed by atoms with Crippen molar-refractivity contribution in [1.82, 2.24) is 0 Å². The summed E-state index contributed by atoms with van der Waals surface area (Å²) in [5, 5.41) is 5.22. The lowest BCUT2D eigenvalue weighted by atomic mass is 9.85. The molecule has 0 saturated carbocycles. The van der Waals surface area contributed by atoms with Crippen molar-refractivity contribution < 1.29 is 4.74 Å².